The highest BCUT2D eigenvalue weighted by molar-refractivity contribution is 7.99. The standard InChI is InChI=1S/C6H9NOS/c1-3-9-6-7-5(2)4-8-6/h4H,3H2,1-2H3. The summed E-state index contributed by atoms with van der Waals surface area (Å²) in [5.74, 6) is 1.01. The fourth-order valence-corrected chi connectivity index (χ4v) is 1.09. The van der Waals surface area contributed by atoms with Crippen molar-refractivity contribution in [2.24, 2.45) is 0 Å². The highest BCUT2D eigenvalue weighted by atomic mass is 32.2. The van der Waals surface area contributed by atoms with Crippen LogP contribution in [0.25, 0.3) is 0 Å². The van der Waals surface area contributed by atoms with E-state index in [0.717, 1.165) is 16.7 Å². The Kier molecular flexibility index (Phi) is 2.16. The molecule has 0 spiro atoms. The maximum atomic E-state index is 5.06. The topological polar surface area (TPSA) is 26.0 Å². The van der Waals surface area contributed by atoms with E-state index in [2.05, 4.69) is 11.9 Å². The number of thioether (sulfide) groups is 1. The first-order valence-electron chi connectivity index (χ1n) is 2.88. The maximum absolute atomic E-state index is 5.06. The average Bonchev–Trinajstić information content (AvgIpc) is 2.17. The molecule has 1 heterocycles. The van der Waals surface area contributed by atoms with E-state index in [4.69, 9.17) is 4.42 Å². The summed E-state index contributed by atoms with van der Waals surface area (Å²) in [5.41, 5.74) is 0.950. The molecule has 1 aromatic heterocycles. The first-order valence-corrected chi connectivity index (χ1v) is 3.86. The first kappa shape index (κ1) is 6.68. The van der Waals surface area contributed by atoms with Gasteiger partial charge in [-0.2, -0.15) is 0 Å². The molecule has 0 radical (unpaired) electrons. The zero-order chi connectivity index (χ0) is 6.69. The van der Waals surface area contributed by atoms with Gasteiger partial charge in [0.05, 0.1) is 5.69 Å². The number of oxazole rings is 1. The molecule has 0 N–H and O–H groups in total. The molecule has 0 saturated heterocycles. The summed E-state index contributed by atoms with van der Waals surface area (Å²) >= 11 is 1.62. The predicted octanol–water partition coefficient (Wildman–Crippen LogP) is 2.10. The van der Waals surface area contributed by atoms with Crippen molar-refractivity contribution in [3.8, 4) is 0 Å². The first-order chi connectivity index (χ1) is 4.33. The fourth-order valence-electron chi connectivity index (χ4n) is 0.522. The van der Waals surface area contributed by atoms with Gasteiger partial charge in [0.2, 0.25) is 0 Å². The monoisotopic (exact) mass is 143 g/mol. The van der Waals surface area contributed by atoms with Gasteiger partial charge in [0.15, 0.2) is 0 Å². The predicted molar refractivity (Wildman–Crippen MR) is 37.6 cm³/mol. The van der Waals surface area contributed by atoms with Crippen LogP contribution in [0.15, 0.2) is 15.9 Å². The number of hydrogen-bond acceptors (Lipinski definition) is 3. The second-order valence-corrected chi connectivity index (χ2v) is 2.90. The Labute approximate surface area is 58.7 Å². The van der Waals surface area contributed by atoms with E-state index >= 15 is 0 Å². The number of aromatic nitrogens is 1. The van der Waals surface area contributed by atoms with Crippen molar-refractivity contribution in [1.29, 1.82) is 0 Å². The molecule has 3 heteroatoms. The van der Waals surface area contributed by atoms with Crippen LogP contribution in [0.4, 0.5) is 0 Å². The number of nitrogens with zero attached hydrogens (tertiary/aromatic N) is 1. The van der Waals surface area contributed by atoms with Crippen LogP contribution in [0.1, 0.15) is 12.6 Å². The largest absolute Gasteiger partial charge is 0.440 e. The Morgan fingerprint density at radius 1 is 1.78 bits per heavy atom. The molecule has 0 aromatic carbocycles. The van der Waals surface area contributed by atoms with E-state index in [-0.39, 0.29) is 0 Å². The van der Waals surface area contributed by atoms with Gasteiger partial charge in [-0.15, -0.1) is 0 Å². The number of hydrogen-bond donors (Lipinski definition) is 0. The van der Waals surface area contributed by atoms with Gasteiger partial charge in [-0.1, -0.05) is 18.7 Å². The van der Waals surface area contributed by atoms with Crippen LogP contribution in [0.2, 0.25) is 0 Å². The summed E-state index contributed by atoms with van der Waals surface area (Å²) in [7, 11) is 0. The lowest BCUT2D eigenvalue weighted by Gasteiger charge is -1.84. The van der Waals surface area contributed by atoms with E-state index in [0.29, 0.717) is 0 Å². The Balaban J connectivity index is 2.61. The van der Waals surface area contributed by atoms with Crippen LogP contribution in [-0.4, -0.2) is 10.7 Å². The molecule has 0 amide bonds. The lowest BCUT2D eigenvalue weighted by atomic mass is 10.6. The minimum Gasteiger partial charge on any atom is -0.440 e. The van der Waals surface area contributed by atoms with Gasteiger partial charge < -0.3 is 4.42 Å². The SMILES string of the molecule is CCSc1nc(C)co1. The lowest BCUT2D eigenvalue weighted by Crippen LogP contribution is -1.71. The molecule has 9 heavy (non-hydrogen) atoms. The third-order valence-electron chi connectivity index (χ3n) is 0.866. The normalized spacial score (nSPS) is 10.0. The van der Waals surface area contributed by atoms with Crippen LogP contribution in [0.5, 0.6) is 0 Å². The zero-order valence-electron chi connectivity index (χ0n) is 5.55. The summed E-state index contributed by atoms with van der Waals surface area (Å²) < 4.78 is 5.06. The zero-order valence-corrected chi connectivity index (χ0v) is 6.36. The third kappa shape index (κ3) is 1.75. The van der Waals surface area contributed by atoms with Crippen molar-refractivity contribution in [3.05, 3.63) is 12.0 Å². The molecule has 0 fully saturated rings. The molecule has 50 valence electrons. The van der Waals surface area contributed by atoms with Crippen LogP contribution in [0.3, 0.4) is 0 Å². The summed E-state index contributed by atoms with van der Waals surface area (Å²) in [6, 6.07) is 0. The Morgan fingerprint density at radius 3 is 3.00 bits per heavy atom. The third-order valence-corrected chi connectivity index (χ3v) is 1.59. The highest BCUT2D eigenvalue weighted by Gasteiger charge is 1.96. The number of aryl methyl sites for hydroxylation is 1. The second kappa shape index (κ2) is 2.92. The smallest absolute Gasteiger partial charge is 0.255 e. The summed E-state index contributed by atoms with van der Waals surface area (Å²) in [4.78, 5) is 4.10. The fraction of sp³-hybridized carbons (Fsp3) is 0.500. The molecule has 0 atom stereocenters. The molecule has 0 saturated carbocycles. The Bertz CT molecular complexity index is 185. The van der Waals surface area contributed by atoms with Gasteiger partial charge in [-0.05, 0) is 12.7 Å². The molecule has 1 aromatic rings. The van der Waals surface area contributed by atoms with Gasteiger partial charge in [-0.25, -0.2) is 4.98 Å². The lowest BCUT2D eigenvalue weighted by molar-refractivity contribution is 0.454. The second-order valence-electron chi connectivity index (χ2n) is 1.69. The average molecular weight is 143 g/mol. The molecule has 0 aliphatic heterocycles. The molecule has 0 aliphatic carbocycles. The molecule has 1 rings (SSSR count). The number of rotatable bonds is 2. The minimum absolute atomic E-state index is 0.773. The molecular formula is C6H9NOS. The van der Waals surface area contributed by atoms with Crippen LogP contribution >= 0.6 is 11.8 Å². The Hall–Kier alpha value is -0.440. The highest BCUT2D eigenvalue weighted by Crippen LogP contribution is 2.15. The van der Waals surface area contributed by atoms with Crippen molar-refractivity contribution < 1.29 is 4.42 Å². The van der Waals surface area contributed by atoms with Gasteiger partial charge in [0.25, 0.3) is 5.22 Å². The van der Waals surface area contributed by atoms with Gasteiger partial charge >= 0.3 is 0 Å². The summed E-state index contributed by atoms with van der Waals surface area (Å²) in [6.07, 6.45) is 1.66. The van der Waals surface area contributed by atoms with Crippen LogP contribution in [0, 0.1) is 6.92 Å². The minimum atomic E-state index is 0.773. The van der Waals surface area contributed by atoms with Gasteiger partial charge in [-0.3, -0.25) is 0 Å². The molecule has 0 bridgehead atoms. The van der Waals surface area contributed by atoms with E-state index in [1.165, 1.54) is 0 Å². The summed E-state index contributed by atoms with van der Waals surface area (Å²) in [5, 5.41) is 0.773. The molecule has 0 aliphatic rings. The quantitative estimate of drug-likeness (QED) is 0.593. The maximum Gasteiger partial charge on any atom is 0.255 e. The van der Waals surface area contributed by atoms with Crippen molar-refractivity contribution in [2.45, 2.75) is 19.1 Å². The van der Waals surface area contributed by atoms with E-state index < -0.39 is 0 Å². The van der Waals surface area contributed by atoms with Crippen molar-refractivity contribution >= 4 is 11.8 Å². The van der Waals surface area contributed by atoms with Crippen LogP contribution < -0.4 is 0 Å². The van der Waals surface area contributed by atoms with E-state index in [9.17, 15) is 0 Å². The van der Waals surface area contributed by atoms with Gasteiger partial charge in [0.1, 0.15) is 6.26 Å². The molecular weight excluding hydrogens is 134 g/mol. The van der Waals surface area contributed by atoms with E-state index in [1.54, 1.807) is 18.0 Å². The van der Waals surface area contributed by atoms with Gasteiger partial charge in [0, 0.05) is 0 Å². The molecule has 2 nitrogen and oxygen atoms in total. The van der Waals surface area contributed by atoms with Crippen molar-refractivity contribution in [3.63, 3.8) is 0 Å². The van der Waals surface area contributed by atoms with Crippen LogP contribution in [-0.2, 0) is 0 Å². The Morgan fingerprint density at radius 2 is 2.56 bits per heavy atom. The summed E-state index contributed by atoms with van der Waals surface area (Å²) in [6.45, 7) is 3.99. The van der Waals surface area contributed by atoms with Crippen molar-refractivity contribution in [1.82, 2.24) is 4.98 Å². The van der Waals surface area contributed by atoms with Crippen molar-refractivity contribution in [2.75, 3.05) is 5.75 Å². The van der Waals surface area contributed by atoms with E-state index in [1.807, 2.05) is 6.92 Å². The molecule has 0 unspecified atom stereocenters.